The highest BCUT2D eigenvalue weighted by Crippen LogP contribution is 2.15. The fourth-order valence-electron chi connectivity index (χ4n) is 3.19. The van der Waals surface area contributed by atoms with E-state index in [1.165, 1.54) is 22.5 Å². The number of H-pyrrole nitrogens is 1. The third-order valence-electron chi connectivity index (χ3n) is 4.68. The number of rotatable bonds is 8. The van der Waals surface area contributed by atoms with Gasteiger partial charge in [0, 0.05) is 13.1 Å². The van der Waals surface area contributed by atoms with Crippen LogP contribution in [0.2, 0.25) is 0 Å². The Morgan fingerprint density at radius 1 is 1.03 bits per heavy atom. The summed E-state index contributed by atoms with van der Waals surface area (Å²) in [4.78, 5) is 22.1. The smallest absolute Gasteiger partial charge is 0.268 e. The van der Waals surface area contributed by atoms with E-state index in [0.29, 0.717) is 30.2 Å². The highest BCUT2D eigenvalue weighted by atomic mass is 32.1. The summed E-state index contributed by atoms with van der Waals surface area (Å²) in [6, 6.07) is 20.2. The summed E-state index contributed by atoms with van der Waals surface area (Å²) in [5.74, 6) is 1.54. The number of hydrogen-bond donors (Lipinski definition) is 1. The van der Waals surface area contributed by atoms with Gasteiger partial charge in [-0.3, -0.25) is 9.69 Å². The van der Waals surface area contributed by atoms with Gasteiger partial charge in [-0.1, -0.05) is 48.0 Å². The summed E-state index contributed by atoms with van der Waals surface area (Å²) in [6.07, 6.45) is 0. The largest absolute Gasteiger partial charge is 0.492 e. The maximum atomic E-state index is 12.3. The number of nitrogens with one attached hydrogen (secondary N) is 1. The molecule has 2 aromatic carbocycles. The van der Waals surface area contributed by atoms with Crippen LogP contribution < -0.4 is 10.3 Å². The number of ether oxygens (including phenoxy) is 1. The van der Waals surface area contributed by atoms with Gasteiger partial charge < -0.3 is 9.72 Å². The molecule has 4 aromatic rings. The topological polar surface area (TPSA) is 58.2 Å². The van der Waals surface area contributed by atoms with Crippen LogP contribution in [0.4, 0.5) is 0 Å². The van der Waals surface area contributed by atoms with Crippen LogP contribution in [0.5, 0.6) is 5.75 Å². The Morgan fingerprint density at radius 3 is 2.62 bits per heavy atom. The zero-order valence-electron chi connectivity index (χ0n) is 16.3. The van der Waals surface area contributed by atoms with Crippen molar-refractivity contribution in [2.24, 2.45) is 0 Å². The molecule has 0 atom stereocenters. The summed E-state index contributed by atoms with van der Waals surface area (Å²) in [7, 11) is 0. The molecule has 148 valence electrons. The van der Waals surface area contributed by atoms with E-state index in [1.807, 2.05) is 53.9 Å². The van der Waals surface area contributed by atoms with Crippen molar-refractivity contribution in [3.8, 4) is 5.75 Å². The minimum absolute atomic E-state index is 0.0735. The van der Waals surface area contributed by atoms with Crippen molar-refractivity contribution >= 4 is 21.6 Å². The first-order valence-electron chi connectivity index (χ1n) is 9.59. The fourth-order valence-corrected chi connectivity index (χ4v) is 3.92. The summed E-state index contributed by atoms with van der Waals surface area (Å²) in [5, 5.41) is 1.90. The Labute approximate surface area is 173 Å². The molecule has 1 N–H and O–H groups in total. The van der Waals surface area contributed by atoms with Gasteiger partial charge in [-0.25, -0.2) is 4.98 Å². The normalized spacial score (nSPS) is 11.2. The van der Waals surface area contributed by atoms with Gasteiger partial charge >= 0.3 is 0 Å². The lowest BCUT2D eigenvalue weighted by Gasteiger charge is -2.22. The lowest BCUT2D eigenvalue weighted by atomic mass is 10.2. The van der Waals surface area contributed by atoms with E-state index >= 15 is 0 Å². The second-order valence-electron chi connectivity index (χ2n) is 7.01. The second kappa shape index (κ2) is 9.03. The Morgan fingerprint density at radius 2 is 1.83 bits per heavy atom. The average molecular weight is 406 g/mol. The Kier molecular flexibility index (Phi) is 6.03. The van der Waals surface area contributed by atoms with E-state index in [4.69, 9.17) is 4.74 Å². The lowest BCUT2D eigenvalue weighted by Crippen LogP contribution is -2.29. The predicted octanol–water partition coefficient (Wildman–Crippen LogP) is 4.37. The number of hydrogen-bond acceptors (Lipinski definition) is 5. The third kappa shape index (κ3) is 5.10. The molecular weight excluding hydrogens is 382 g/mol. The van der Waals surface area contributed by atoms with Gasteiger partial charge in [0.25, 0.3) is 5.56 Å². The highest BCUT2D eigenvalue weighted by molar-refractivity contribution is 7.17. The zero-order chi connectivity index (χ0) is 20.1. The first kappa shape index (κ1) is 19.4. The van der Waals surface area contributed by atoms with Crippen molar-refractivity contribution < 1.29 is 4.74 Å². The van der Waals surface area contributed by atoms with Crippen LogP contribution in [0, 0.1) is 6.92 Å². The Bertz CT molecular complexity index is 1120. The molecule has 0 bridgehead atoms. The molecule has 0 unspecified atom stereocenters. The van der Waals surface area contributed by atoms with Gasteiger partial charge in [-0.15, -0.1) is 11.3 Å². The van der Waals surface area contributed by atoms with Crippen molar-refractivity contribution in [3.63, 3.8) is 0 Å². The molecule has 29 heavy (non-hydrogen) atoms. The maximum Gasteiger partial charge on any atom is 0.268 e. The molecule has 0 saturated carbocycles. The summed E-state index contributed by atoms with van der Waals surface area (Å²) in [6.45, 7) is 4.63. The molecule has 0 amide bonds. The standard InChI is InChI=1S/C23H23N3O2S/c1-17-7-9-19(10-8-17)28-13-12-26(15-18-5-3-2-4-6-18)16-21-24-20-11-14-29-22(20)23(27)25-21/h2-11,14H,12-13,15-16H2,1H3,(H,24,25,27). The van der Waals surface area contributed by atoms with Gasteiger partial charge in [0.1, 0.15) is 22.9 Å². The average Bonchev–Trinajstić information content (AvgIpc) is 3.19. The molecule has 2 heterocycles. The van der Waals surface area contributed by atoms with Crippen LogP contribution in [0.25, 0.3) is 10.2 Å². The fraction of sp³-hybridized carbons (Fsp3) is 0.217. The second-order valence-corrected chi connectivity index (χ2v) is 7.92. The SMILES string of the molecule is Cc1ccc(OCCN(Cc2ccccc2)Cc2nc3ccsc3c(=O)[nH]2)cc1. The van der Waals surface area contributed by atoms with Crippen molar-refractivity contribution in [1.29, 1.82) is 0 Å². The first-order chi connectivity index (χ1) is 14.2. The van der Waals surface area contributed by atoms with E-state index in [1.54, 1.807) is 0 Å². The number of aryl methyl sites for hydroxylation is 1. The number of benzene rings is 2. The van der Waals surface area contributed by atoms with Crippen LogP contribution in [0.1, 0.15) is 17.0 Å². The van der Waals surface area contributed by atoms with Crippen molar-refractivity contribution in [3.05, 3.63) is 93.3 Å². The van der Waals surface area contributed by atoms with Gasteiger partial charge in [0.15, 0.2) is 0 Å². The lowest BCUT2D eigenvalue weighted by molar-refractivity contribution is 0.193. The number of aromatic amines is 1. The summed E-state index contributed by atoms with van der Waals surface area (Å²) in [5.41, 5.74) is 3.10. The van der Waals surface area contributed by atoms with Gasteiger partial charge in [0.05, 0.1) is 12.1 Å². The molecule has 0 aliphatic rings. The van der Waals surface area contributed by atoms with Crippen LogP contribution >= 0.6 is 11.3 Å². The van der Waals surface area contributed by atoms with E-state index in [2.05, 4.69) is 33.9 Å². The molecular formula is C23H23N3O2S. The van der Waals surface area contributed by atoms with Crippen molar-refractivity contribution in [2.75, 3.05) is 13.2 Å². The molecule has 5 nitrogen and oxygen atoms in total. The zero-order valence-corrected chi connectivity index (χ0v) is 17.1. The number of fused-ring (bicyclic) bond motifs is 1. The Balaban J connectivity index is 1.47. The monoisotopic (exact) mass is 405 g/mol. The Hall–Kier alpha value is -2.96. The van der Waals surface area contributed by atoms with Crippen LogP contribution in [0.15, 0.2) is 70.8 Å². The first-order valence-corrected chi connectivity index (χ1v) is 10.5. The predicted molar refractivity (Wildman–Crippen MR) is 117 cm³/mol. The molecule has 2 aromatic heterocycles. The van der Waals surface area contributed by atoms with Crippen LogP contribution in [0.3, 0.4) is 0 Å². The summed E-state index contributed by atoms with van der Waals surface area (Å²) >= 11 is 1.42. The van der Waals surface area contributed by atoms with Gasteiger partial charge in [0.2, 0.25) is 0 Å². The van der Waals surface area contributed by atoms with E-state index < -0.39 is 0 Å². The molecule has 0 saturated heterocycles. The number of nitrogens with zero attached hydrogens (tertiary/aromatic N) is 2. The number of thiophene rings is 1. The van der Waals surface area contributed by atoms with Crippen LogP contribution in [-0.2, 0) is 13.1 Å². The number of aromatic nitrogens is 2. The van der Waals surface area contributed by atoms with Gasteiger partial charge in [-0.2, -0.15) is 0 Å². The van der Waals surface area contributed by atoms with E-state index in [0.717, 1.165) is 17.8 Å². The van der Waals surface area contributed by atoms with E-state index in [9.17, 15) is 4.79 Å². The molecule has 4 rings (SSSR count). The van der Waals surface area contributed by atoms with Crippen molar-refractivity contribution in [2.45, 2.75) is 20.0 Å². The van der Waals surface area contributed by atoms with Crippen LogP contribution in [-0.4, -0.2) is 28.0 Å². The van der Waals surface area contributed by atoms with Gasteiger partial charge in [-0.05, 0) is 36.1 Å². The molecule has 0 fully saturated rings. The van der Waals surface area contributed by atoms with E-state index in [-0.39, 0.29) is 5.56 Å². The minimum Gasteiger partial charge on any atom is -0.492 e. The maximum absolute atomic E-state index is 12.3. The minimum atomic E-state index is -0.0735. The molecule has 6 heteroatoms. The molecule has 0 spiro atoms. The third-order valence-corrected chi connectivity index (χ3v) is 5.59. The molecule has 0 aliphatic heterocycles. The van der Waals surface area contributed by atoms with Crippen molar-refractivity contribution in [1.82, 2.24) is 14.9 Å². The highest BCUT2D eigenvalue weighted by Gasteiger charge is 2.12. The molecule has 0 radical (unpaired) electrons. The quantitative estimate of drug-likeness (QED) is 0.473. The molecule has 0 aliphatic carbocycles. The summed E-state index contributed by atoms with van der Waals surface area (Å²) < 4.78 is 6.59.